The third kappa shape index (κ3) is 2.41. The van der Waals surface area contributed by atoms with E-state index in [9.17, 15) is 0 Å². The number of aromatic nitrogens is 2. The van der Waals surface area contributed by atoms with Crippen molar-refractivity contribution >= 4 is 11.8 Å². The highest BCUT2D eigenvalue weighted by molar-refractivity contribution is 5.48. The summed E-state index contributed by atoms with van der Waals surface area (Å²) < 4.78 is 0. The summed E-state index contributed by atoms with van der Waals surface area (Å²) in [6.07, 6.45) is 6.32. The van der Waals surface area contributed by atoms with Gasteiger partial charge in [-0.1, -0.05) is 12.8 Å². The second-order valence-electron chi connectivity index (χ2n) is 5.32. The first kappa shape index (κ1) is 11.7. The van der Waals surface area contributed by atoms with E-state index in [4.69, 9.17) is 5.73 Å². The molecule has 1 fully saturated rings. The van der Waals surface area contributed by atoms with Gasteiger partial charge in [0.1, 0.15) is 5.82 Å². The van der Waals surface area contributed by atoms with Gasteiger partial charge in [0.05, 0.1) is 5.69 Å². The minimum Gasteiger partial charge on any atom is -0.383 e. The highest BCUT2D eigenvalue weighted by Gasteiger charge is 2.18. The summed E-state index contributed by atoms with van der Waals surface area (Å²) in [6.45, 7) is 2.75. The Morgan fingerprint density at radius 2 is 2.11 bits per heavy atom. The smallest absolute Gasteiger partial charge is 0.224 e. The molecule has 0 unspecified atom stereocenters. The quantitative estimate of drug-likeness (QED) is 0.750. The minimum atomic E-state index is 0.649. The summed E-state index contributed by atoms with van der Waals surface area (Å²) in [4.78, 5) is 8.95. The van der Waals surface area contributed by atoms with Crippen LogP contribution in [0.15, 0.2) is 0 Å². The zero-order valence-electron chi connectivity index (χ0n) is 10.7. The molecule has 18 heavy (non-hydrogen) atoms. The van der Waals surface area contributed by atoms with Gasteiger partial charge in [0.25, 0.3) is 0 Å². The van der Waals surface area contributed by atoms with Gasteiger partial charge in [0, 0.05) is 18.7 Å². The Hall–Kier alpha value is -1.36. The Morgan fingerprint density at radius 1 is 1.28 bits per heavy atom. The molecule has 1 saturated carbocycles. The van der Waals surface area contributed by atoms with Crippen molar-refractivity contribution in [3.05, 3.63) is 11.3 Å². The third-order valence-corrected chi connectivity index (χ3v) is 3.99. The van der Waals surface area contributed by atoms with E-state index in [0.29, 0.717) is 11.8 Å². The van der Waals surface area contributed by atoms with Gasteiger partial charge in [-0.15, -0.1) is 0 Å². The predicted octanol–water partition coefficient (Wildman–Crippen LogP) is 1.31. The van der Waals surface area contributed by atoms with Crippen molar-refractivity contribution in [2.24, 2.45) is 5.92 Å². The molecular formula is C13H21N5. The number of hydrogen-bond acceptors (Lipinski definition) is 5. The van der Waals surface area contributed by atoms with Gasteiger partial charge in [0.15, 0.2) is 0 Å². The molecule has 0 aromatic carbocycles. The Kier molecular flexibility index (Phi) is 3.32. The van der Waals surface area contributed by atoms with Crippen molar-refractivity contribution in [3.63, 3.8) is 0 Å². The normalized spacial score (nSPS) is 19.8. The second-order valence-corrected chi connectivity index (χ2v) is 5.32. The van der Waals surface area contributed by atoms with E-state index in [1.54, 1.807) is 0 Å². The first-order chi connectivity index (χ1) is 8.83. The van der Waals surface area contributed by atoms with E-state index in [-0.39, 0.29) is 0 Å². The predicted molar refractivity (Wildman–Crippen MR) is 72.3 cm³/mol. The second kappa shape index (κ2) is 5.10. The van der Waals surface area contributed by atoms with Crippen LogP contribution >= 0.6 is 0 Å². The van der Waals surface area contributed by atoms with Crippen molar-refractivity contribution in [1.82, 2.24) is 15.3 Å². The van der Waals surface area contributed by atoms with Crippen LogP contribution in [0.3, 0.4) is 0 Å². The van der Waals surface area contributed by atoms with Crippen molar-refractivity contribution in [1.29, 1.82) is 0 Å². The fourth-order valence-electron chi connectivity index (χ4n) is 2.92. The van der Waals surface area contributed by atoms with E-state index >= 15 is 0 Å². The van der Waals surface area contributed by atoms with Crippen molar-refractivity contribution < 1.29 is 0 Å². The first-order valence-corrected chi connectivity index (χ1v) is 6.93. The van der Waals surface area contributed by atoms with E-state index in [1.165, 1.54) is 25.7 Å². The van der Waals surface area contributed by atoms with Gasteiger partial charge in [-0.25, -0.2) is 4.98 Å². The lowest BCUT2D eigenvalue weighted by molar-refractivity contribution is 0.576. The highest BCUT2D eigenvalue weighted by atomic mass is 15.1. The van der Waals surface area contributed by atoms with Gasteiger partial charge < -0.3 is 16.4 Å². The van der Waals surface area contributed by atoms with Crippen LogP contribution in [0.4, 0.5) is 11.8 Å². The van der Waals surface area contributed by atoms with Gasteiger partial charge >= 0.3 is 0 Å². The Bertz CT molecular complexity index is 426. The molecule has 0 saturated heterocycles. The molecule has 0 amide bonds. The number of nitrogen functional groups attached to an aromatic ring is 1. The molecule has 5 nitrogen and oxygen atoms in total. The number of hydrogen-bond donors (Lipinski definition) is 3. The third-order valence-electron chi connectivity index (χ3n) is 3.99. The number of nitrogens with two attached hydrogens (primary N) is 1. The van der Waals surface area contributed by atoms with Crippen molar-refractivity contribution in [3.8, 4) is 0 Å². The zero-order valence-corrected chi connectivity index (χ0v) is 10.7. The van der Waals surface area contributed by atoms with E-state index in [1.807, 2.05) is 0 Å². The molecule has 1 aliphatic carbocycles. The number of anilines is 2. The number of rotatable bonds is 3. The largest absolute Gasteiger partial charge is 0.383 e. The molecule has 2 heterocycles. The van der Waals surface area contributed by atoms with Gasteiger partial charge in [-0.05, 0) is 31.7 Å². The van der Waals surface area contributed by atoms with E-state index < -0.39 is 0 Å². The van der Waals surface area contributed by atoms with Crippen LogP contribution in [0.2, 0.25) is 0 Å². The lowest BCUT2D eigenvalue weighted by atomic mass is 10.1. The molecule has 3 rings (SSSR count). The maximum Gasteiger partial charge on any atom is 0.224 e. The summed E-state index contributed by atoms with van der Waals surface area (Å²) in [5, 5.41) is 6.67. The molecule has 1 aromatic heterocycles. The van der Waals surface area contributed by atoms with Crippen LogP contribution < -0.4 is 16.4 Å². The average molecular weight is 247 g/mol. The molecule has 0 spiro atoms. The standard InChI is InChI=1S/C13H21N5/c14-12-10-5-6-15-8-11(10)17-13(18-12)16-7-9-3-1-2-4-9/h9,15H,1-8H2,(H3,14,16,17,18). The van der Waals surface area contributed by atoms with Crippen LogP contribution in [0.25, 0.3) is 0 Å². The summed E-state index contributed by atoms with van der Waals surface area (Å²) in [5.41, 5.74) is 8.19. The SMILES string of the molecule is Nc1nc(NCC2CCCC2)nc2c1CCNC2. The fourth-order valence-corrected chi connectivity index (χ4v) is 2.92. The summed E-state index contributed by atoms with van der Waals surface area (Å²) in [6, 6.07) is 0. The monoisotopic (exact) mass is 247 g/mol. The summed E-state index contributed by atoms with van der Waals surface area (Å²) in [5.74, 6) is 2.13. The molecule has 0 bridgehead atoms. The van der Waals surface area contributed by atoms with Gasteiger partial charge in [-0.3, -0.25) is 0 Å². The minimum absolute atomic E-state index is 0.649. The van der Waals surface area contributed by atoms with Crippen LogP contribution in [0, 0.1) is 5.92 Å². The fraction of sp³-hybridized carbons (Fsp3) is 0.692. The van der Waals surface area contributed by atoms with Crippen LogP contribution in [-0.2, 0) is 13.0 Å². The topological polar surface area (TPSA) is 75.9 Å². The molecule has 98 valence electrons. The molecule has 1 aliphatic heterocycles. The number of nitrogens with one attached hydrogen (secondary N) is 2. The summed E-state index contributed by atoms with van der Waals surface area (Å²) >= 11 is 0. The van der Waals surface area contributed by atoms with Crippen LogP contribution in [0.1, 0.15) is 36.9 Å². The number of fused-ring (bicyclic) bond motifs is 1. The molecule has 2 aliphatic rings. The maximum atomic E-state index is 6.01. The summed E-state index contributed by atoms with van der Waals surface area (Å²) in [7, 11) is 0. The first-order valence-electron chi connectivity index (χ1n) is 6.93. The molecule has 5 heteroatoms. The zero-order chi connectivity index (χ0) is 12.4. The van der Waals surface area contributed by atoms with Crippen molar-refractivity contribution in [2.45, 2.75) is 38.6 Å². The molecule has 0 atom stereocenters. The molecule has 1 aromatic rings. The maximum absolute atomic E-state index is 6.01. The van der Waals surface area contributed by atoms with Crippen LogP contribution in [0.5, 0.6) is 0 Å². The number of nitrogens with zero attached hydrogens (tertiary/aromatic N) is 2. The lowest BCUT2D eigenvalue weighted by Crippen LogP contribution is -2.27. The Labute approximate surface area is 108 Å². The highest BCUT2D eigenvalue weighted by Crippen LogP contribution is 2.25. The van der Waals surface area contributed by atoms with Crippen LogP contribution in [-0.4, -0.2) is 23.1 Å². The van der Waals surface area contributed by atoms with Gasteiger partial charge in [-0.2, -0.15) is 4.98 Å². The molecule has 4 N–H and O–H groups in total. The van der Waals surface area contributed by atoms with Gasteiger partial charge in [0.2, 0.25) is 5.95 Å². The Balaban J connectivity index is 1.70. The average Bonchev–Trinajstić information content (AvgIpc) is 2.90. The molecular weight excluding hydrogens is 226 g/mol. The molecule has 0 radical (unpaired) electrons. The van der Waals surface area contributed by atoms with E-state index in [0.717, 1.165) is 43.2 Å². The lowest BCUT2D eigenvalue weighted by Gasteiger charge is -2.19. The van der Waals surface area contributed by atoms with E-state index in [2.05, 4.69) is 20.6 Å². The van der Waals surface area contributed by atoms with Crippen molar-refractivity contribution in [2.75, 3.05) is 24.1 Å². The Morgan fingerprint density at radius 3 is 2.94 bits per heavy atom.